The fourth-order valence-corrected chi connectivity index (χ4v) is 2.92. The van der Waals surface area contributed by atoms with Gasteiger partial charge in [0, 0.05) is 11.0 Å². The fraction of sp³-hybridized carbons (Fsp3) is 0.273. The molecular weight excluding hydrogens is 306 g/mol. The maximum Gasteiger partial charge on any atom is 0.244 e. The maximum atomic E-state index is 12.0. The Morgan fingerprint density at radius 3 is 2.71 bits per heavy atom. The van der Waals surface area contributed by atoms with Crippen LogP contribution in [0.1, 0.15) is 5.56 Å². The minimum atomic E-state index is -3.58. The number of aryl methyl sites for hydroxylation is 1. The van der Waals surface area contributed by atoms with E-state index in [0.29, 0.717) is 5.75 Å². The van der Waals surface area contributed by atoms with Crippen LogP contribution in [0, 0.1) is 6.92 Å². The molecule has 0 saturated carbocycles. The van der Waals surface area contributed by atoms with Gasteiger partial charge in [0.25, 0.3) is 0 Å². The molecule has 6 heteroatoms. The van der Waals surface area contributed by atoms with Gasteiger partial charge in [-0.25, -0.2) is 13.1 Å². The maximum absolute atomic E-state index is 12.0. The third kappa shape index (κ3) is 3.31. The van der Waals surface area contributed by atoms with Crippen LogP contribution < -0.4 is 9.46 Å². The van der Waals surface area contributed by atoms with Crippen molar-refractivity contribution in [2.45, 2.75) is 11.8 Å². The van der Waals surface area contributed by atoms with E-state index >= 15 is 0 Å². The van der Waals surface area contributed by atoms with Crippen LogP contribution in [0.5, 0.6) is 5.75 Å². The van der Waals surface area contributed by atoms with E-state index in [1.54, 1.807) is 6.07 Å². The molecule has 0 radical (unpaired) electrons. The molecule has 1 rings (SSSR count). The van der Waals surface area contributed by atoms with Gasteiger partial charge < -0.3 is 4.74 Å². The number of benzene rings is 1. The molecule has 0 saturated heterocycles. The molecule has 0 aliphatic carbocycles. The van der Waals surface area contributed by atoms with E-state index in [-0.39, 0.29) is 11.4 Å². The third-order valence-corrected chi connectivity index (χ3v) is 4.45. The third-order valence-electron chi connectivity index (χ3n) is 2.15. The Hall–Kier alpha value is -0.850. The smallest absolute Gasteiger partial charge is 0.244 e. The van der Waals surface area contributed by atoms with Crippen LogP contribution >= 0.6 is 15.9 Å². The van der Waals surface area contributed by atoms with E-state index in [9.17, 15) is 8.42 Å². The zero-order valence-corrected chi connectivity index (χ0v) is 12.1. The number of methoxy groups -OCH3 is 1. The first kappa shape index (κ1) is 14.2. The first-order valence-electron chi connectivity index (χ1n) is 4.87. The number of halogens is 1. The summed E-state index contributed by atoms with van der Waals surface area (Å²) in [6.07, 6.45) is 1.48. The topological polar surface area (TPSA) is 55.4 Å². The molecule has 0 amide bonds. The normalized spacial score (nSPS) is 11.2. The molecule has 0 bridgehead atoms. The second-order valence-electron chi connectivity index (χ2n) is 3.39. The Balaban J connectivity index is 3.29. The van der Waals surface area contributed by atoms with Crippen molar-refractivity contribution < 1.29 is 13.2 Å². The largest absolute Gasteiger partial charge is 0.495 e. The van der Waals surface area contributed by atoms with Gasteiger partial charge in [0.05, 0.1) is 7.11 Å². The standard InChI is InChI=1S/C11H14BrNO3S/c1-4-5-13-17(14,15)11-7-9(12)8(2)6-10(11)16-3/h4,6-7,13H,1,5H2,2-3H3. The predicted molar refractivity (Wildman–Crippen MR) is 70.8 cm³/mol. The lowest BCUT2D eigenvalue weighted by atomic mass is 10.2. The molecule has 0 aliphatic heterocycles. The summed E-state index contributed by atoms with van der Waals surface area (Å²) in [4.78, 5) is 0.110. The van der Waals surface area contributed by atoms with Crippen molar-refractivity contribution >= 4 is 26.0 Å². The number of hydrogen-bond donors (Lipinski definition) is 1. The Bertz CT molecular complexity index is 526. The molecular formula is C11H14BrNO3S. The molecule has 1 aromatic rings. The average molecular weight is 320 g/mol. The summed E-state index contributed by atoms with van der Waals surface area (Å²) in [5.74, 6) is 0.322. The van der Waals surface area contributed by atoms with E-state index < -0.39 is 10.0 Å². The molecule has 0 fully saturated rings. The Morgan fingerprint density at radius 1 is 1.53 bits per heavy atom. The lowest BCUT2D eigenvalue weighted by Crippen LogP contribution is -2.24. The van der Waals surface area contributed by atoms with Crippen molar-refractivity contribution in [3.63, 3.8) is 0 Å². The van der Waals surface area contributed by atoms with E-state index in [0.717, 1.165) is 10.0 Å². The van der Waals surface area contributed by atoms with Gasteiger partial charge in [-0.05, 0) is 24.6 Å². The van der Waals surface area contributed by atoms with Crippen molar-refractivity contribution in [3.8, 4) is 5.75 Å². The van der Waals surface area contributed by atoms with Crippen LogP contribution in [0.4, 0.5) is 0 Å². The van der Waals surface area contributed by atoms with E-state index in [1.807, 2.05) is 6.92 Å². The SMILES string of the molecule is C=CCNS(=O)(=O)c1cc(Br)c(C)cc1OC. The molecule has 4 nitrogen and oxygen atoms in total. The predicted octanol–water partition coefficient (Wildman–Crippen LogP) is 2.23. The lowest BCUT2D eigenvalue weighted by Gasteiger charge is -2.11. The second kappa shape index (κ2) is 5.66. The summed E-state index contributed by atoms with van der Waals surface area (Å²) in [7, 11) is -2.14. The second-order valence-corrected chi connectivity index (χ2v) is 5.98. The number of hydrogen-bond acceptors (Lipinski definition) is 3. The monoisotopic (exact) mass is 319 g/mol. The highest BCUT2D eigenvalue weighted by atomic mass is 79.9. The molecule has 94 valence electrons. The van der Waals surface area contributed by atoms with Crippen LogP contribution in [0.2, 0.25) is 0 Å². The highest BCUT2D eigenvalue weighted by Crippen LogP contribution is 2.30. The van der Waals surface area contributed by atoms with Crippen LogP contribution in [-0.2, 0) is 10.0 Å². The molecule has 0 spiro atoms. The van der Waals surface area contributed by atoms with Crippen LogP contribution in [0.15, 0.2) is 34.2 Å². The molecule has 0 aromatic heterocycles. The average Bonchev–Trinajstić information content (AvgIpc) is 2.29. The summed E-state index contributed by atoms with van der Waals surface area (Å²) < 4.78 is 32.2. The first-order chi connectivity index (χ1) is 7.92. The Morgan fingerprint density at radius 2 is 2.18 bits per heavy atom. The minimum absolute atomic E-state index is 0.110. The molecule has 1 N–H and O–H groups in total. The van der Waals surface area contributed by atoms with Crippen LogP contribution in [0.25, 0.3) is 0 Å². The molecule has 0 atom stereocenters. The van der Waals surface area contributed by atoms with E-state index in [1.165, 1.54) is 19.3 Å². The van der Waals surface area contributed by atoms with Crippen molar-refractivity contribution in [1.29, 1.82) is 0 Å². The highest BCUT2D eigenvalue weighted by molar-refractivity contribution is 9.10. The molecule has 0 heterocycles. The lowest BCUT2D eigenvalue weighted by molar-refractivity contribution is 0.402. The zero-order chi connectivity index (χ0) is 13.1. The Labute approximate surface area is 110 Å². The molecule has 0 aliphatic rings. The quantitative estimate of drug-likeness (QED) is 0.847. The summed E-state index contributed by atoms with van der Waals surface area (Å²) >= 11 is 3.30. The van der Waals surface area contributed by atoms with Gasteiger partial charge in [-0.3, -0.25) is 0 Å². The molecule has 0 unspecified atom stereocenters. The molecule has 1 aromatic carbocycles. The van der Waals surface area contributed by atoms with Crippen LogP contribution in [0.3, 0.4) is 0 Å². The number of ether oxygens (including phenoxy) is 1. The van der Waals surface area contributed by atoms with Crippen molar-refractivity contribution in [2.24, 2.45) is 0 Å². The van der Waals surface area contributed by atoms with Crippen LogP contribution in [-0.4, -0.2) is 22.1 Å². The molecule has 17 heavy (non-hydrogen) atoms. The summed E-state index contributed by atoms with van der Waals surface area (Å²) in [6, 6.07) is 3.20. The van der Waals surface area contributed by atoms with E-state index in [4.69, 9.17) is 4.74 Å². The summed E-state index contributed by atoms with van der Waals surface area (Å²) in [5.41, 5.74) is 0.907. The Kier molecular flexibility index (Phi) is 4.73. The van der Waals surface area contributed by atoms with Crippen molar-refractivity contribution in [3.05, 3.63) is 34.8 Å². The van der Waals surface area contributed by atoms with Crippen molar-refractivity contribution in [2.75, 3.05) is 13.7 Å². The minimum Gasteiger partial charge on any atom is -0.495 e. The van der Waals surface area contributed by atoms with Gasteiger partial charge >= 0.3 is 0 Å². The zero-order valence-electron chi connectivity index (χ0n) is 9.66. The first-order valence-corrected chi connectivity index (χ1v) is 7.14. The van der Waals surface area contributed by atoms with E-state index in [2.05, 4.69) is 27.2 Å². The fourth-order valence-electron chi connectivity index (χ4n) is 1.25. The number of rotatable bonds is 5. The van der Waals surface area contributed by atoms with Gasteiger partial charge in [0.2, 0.25) is 10.0 Å². The van der Waals surface area contributed by atoms with Gasteiger partial charge in [-0.2, -0.15) is 0 Å². The highest BCUT2D eigenvalue weighted by Gasteiger charge is 2.19. The summed E-state index contributed by atoms with van der Waals surface area (Å²) in [5, 5.41) is 0. The van der Waals surface area contributed by atoms with Gasteiger partial charge in [0.1, 0.15) is 10.6 Å². The number of nitrogens with one attached hydrogen (secondary N) is 1. The van der Waals surface area contributed by atoms with Gasteiger partial charge in [-0.15, -0.1) is 6.58 Å². The van der Waals surface area contributed by atoms with Gasteiger partial charge in [0.15, 0.2) is 0 Å². The number of sulfonamides is 1. The van der Waals surface area contributed by atoms with Crippen molar-refractivity contribution in [1.82, 2.24) is 4.72 Å². The van der Waals surface area contributed by atoms with Gasteiger partial charge in [-0.1, -0.05) is 22.0 Å². The summed E-state index contributed by atoms with van der Waals surface area (Å²) in [6.45, 7) is 5.50.